The molecule has 10 heteroatoms. The summed E-state index contributed by atoms with van der Waals surface area (Å²) in [5.41, 5.74) is 3.37. The van der Waals surface area contributed by atoms with Crippen LogP contribution in [0.3, 0.4) is 0 Å². The summed E-state index contributed by atoms with van der Waals surface area (Å²) in [7, 11) is 0. The molecule has 0 fully saturated rings. The van der Waals surface area contributed by atoms with E-state index >= 15 is 0 Å². The van der Waals surface area contributed by atoms with Crippen molar-refractivity contribution >= 4 is 39.7 Å². The van der Waals surface area contributed by atoms with Gasteiger partial charge < -0.3 is 9.40 Å². The molecule has 9 nitrogen and oxygen atoms in total. The maximum absolute atomic E-state index is 11.4. The van der Waals surface area contributed by atoms with E-state index in [0.29, 0.717) is 23.6 Å². The number of aromatic amines is 1. The molecule has 0 atom stereocenters. The van der Waals surface area contributed by atoms with Gasteiger partial charge in [-0.05, 0) is 38.2 Å². The van der Waals surface area contributed by atoms with Crippen molar-refractivity contribution in [3.05, 3.63) is 69.5 Å². The minimum atomic E-state index is -0.419. The highest BCUT2D eigenvalue weighted by molar-refractivity contribution is 7.71. The summed E-state index contributed by atoms with van der Waals surface area (Å²) < 4.78 is 7.34. The zero-order chi connectivity index (χ0) is 23.1. The Kier molecular flexibility index (Phi) is 5.23. The van der Waals surface area contributed by atoms with Crippen LogP contribution < -0.4 is 5.32 Å². The van der Waals surface area contributed by atoms with Gasteiger partial charge in [0.25, 0.3) is 16.4 Å². The van der Waals surface area contributed by atoms with Crippen LogP contribution in [0.15, 0.2) is 59.0 Å². The quantitative estimate of drug-likeness (QED) is 0.197. The van der Waals surface area contributed by atoms with E-state index in [1.54, 1.807) is 16.8 Å². The number of non-ortho nitro benzene ring substituents is 1. The number of rotatable bonds is 6. The lowest BCUT2D eigenvalue weighted by Crippen LogP contribution is -2.26. The number of nitro benzene ring substituents is 1. The molecule has 3 heterocycles. The molecule has 0 spiro atoms. The Bertz CT molecular complexity index is 1570. The van der Waals surface area contributed by atoms with E-state index < -0.39 is 4.92 Å². The van der Waals surface area contributed by atoms with Crippen molar-refractivity contribution in [1.82, 2.24) is 25.1 Å². The molecule has 0 aliphatic heterocycles. The van der Waals surface area contributed by atoms with Gasteiger partial charge in [0, 0.05) is 40.0 Å². The summed E-state index contributed by atoms with van der Waals surface area (Å²) >= 11 is 5.34. The van der Waals surface area contributed by atoms with Crippen molar-refractivity contribution in [2.45, 2.75) is 26.6 Å². The maximum Gasteiger partial charge on any atom is 0.288 e. The van der Waals surface area contributed by atoms with Crippen molar-refractivity contribution in [2.75, 3.05) is 0 Å². The fourth-order valence-corrected chi connectivity index (χ4v) is 3.89. The third-order valence-electron chi connectivity index (χ3n) is 5.30. The highest BCUT2D eigenvalue weighted by atomic mass is 32.1. The summed E-state index contributed by atoms with van der Waals surface area (Å²) in [6, 6.07) is 16.5. The third-order valence-corrected chi connectivity index (χ3v) is 5.60. The summed E-state index contributed by atoms with van der Waals surface area (Å²) in [5.74, 6) is 0.282. The number of hydrogen-bond donors (Lipinski definition) is 2. The van der Waals surface area contributed by atoms with Crippen LogP contribution >= 0.6 is 12.2 Å². The second-order valence-corrected chi connectivity index (χ2v) is 8.30. The summed E-state index contributed by atoms with van der Waals surface area (Å²) in [6.45, 7) is 4.47. The SMILES string of the molecule is CC(C)NCn1nc(-c2cc3c([nH]c4ccccc43)c(-c3cccc([N+](=O)[O-])c3)n2)oc1=S. The Morgan fingerprint density at radius 3 is 2.79 bits per heavy atom. The van der Waals surface area contributed by atoms with Crippen molar-refractivity contribution in [3.8, 4) is 22.8 Å². The van der Waals surface area contributed by atoms with Crippen molar-refractivity contribution in [1.29, 1.82) is 0 Å². The van der Waals surface area contributed by atoms with Gasteiger partial charge >= 0.3 is 0 Å². The summed E-state index contributed by atoms with van der Waals surface area (Å²) in [4.78, 5) is 19.4. The van der Waals surface area contributed by atoms with Crippen LogP contribution in [0.25, 0.3) is 44.6 Å². The molecule has 0 amide bonds. The first-order valence-electron chi connectivity index (χ1n) is 10.4. The number of nitro groups is 1. The van der Waals surface area contributed by atoms with E-state index in [-0.39, 0.29) is 22.5 Å². The molecule has 0 aliphatic rings. The Labute approximate surface area is 193 Å². The molecule has 0 aliphatic carbocycles. The van der Waals surface area contributed by atoms with Crippen LogP contribution in [0.2, 0.25) is 0 Å². The monoisotopic (exact) mass is 460 g/mol. The first-order valence-corrected chi connectivity index (χ1v) is 10.8. The van der Waals surface area contributed by atoms with Crippen LogP contribution in [0.4, 0.5) is 5.69 Å². The van der Waals surface area contributed by atoms with E-state index in [1.165, 1.54) is 12.1 Å². The fraction of sp³-hybridized carbons (Fsp3) is 0.174. The minimum Gasteiger partial charge on any atom is -0.408 e. The first-order chi connectivity index (χ1) is 15.9. The molecule has 2 aromatic carbocycles. The van der Waals surface area contributed by atoms with Gasteiger partial charge in [0.1, 0.15) is 5.69 Å². The van der Waals surface area contributed by atoms with E-state index in [1.807, 2.05) is 44.2 Å². The maximum atomic E-state index is 11.4. The Balaban J connectivity index is 1.74. The topological polar surface area (TPSA) is 115 Å². The number of hydrogen-bond acceptors (Lipinski definition) is 7. The normalized spacial score (nSPS) is 11.6. The molecule has 0 saturated heterocycles. The molecule has 3 aromatic heterocycles. The predicted octanol–water partition coefficient (Wildman–Crippen LogP) is 5.43. The molecule has 33 heavy (non-hydrogen) atoms. The van der Waals surface area contributed by atoms with Crippen molar-refractivity contribution in [2.24, 2.45) is 0 Å². The van der Waals surface area contributed by atoms with Crippen LogP contribution in [0.1, 0.15) is 13.8 Å². The van der Waals surface area contributed by atoms with E-state index in [4.69, 9.17) is 21.6 Å². The van der Waals surface area contributed by atoms with Crippen molar-refractivity contribution < 1.29 is 9.34 Å². The lowest BCUT2D eigenvalue weighted by Gasteiger charge is -2.07. The molecule has 0 unspecified atom stereocenters. The zero-order valence-electron chi connectivity index (χ0n) is 17.9. The molecule has 166 valence electrons. The number of nitrogens with one attached hydrogen (secondary N) is 2. The Morgan fingerprint density at radius 1 is 1.18 bits per heavy atom. The van der Waals surface area contributed by atoms with Gasteiger partial charge in [-0.1, -0.05) is 30.3 Å². The Morgan fingerprint density at radius 2 is 2.00 bits per heavy atom. The number of nitrogens with zero attached hydrogens (tertiary/aromatic N) is 4. The summed E-state index contributed by atoms with van der Waals surface area (Å²) in [6.07, 6.45) is 0. The number of aromatic nitrogens is 4. The molecule has 5 aromatic rings. The lowest BCUT2D eigenvalue weighted by molar-refractivity contribution is -0.384. The molecule has 2 N–H and O–H groups in total. The predicted molar refractivity (Wildman–Crippen MR) is 128 cm³/mol. The van der Waals surface area contributed by atoms with Gasteiger partial charge in [-0.15, -0.1) is 5.10 Å². The van der Waals surface area contributed by atoms with Gasteiger partial charge in [0.05, 0.1) is 22.8 Å². The van der Waals surface area contributed by atoms with E-state index in [0.717, 1.165) is 21.8 Å². The van der Waals surface area contributed by atoms with Gasteiger partial charge in [0.2, 0.25) is 0 Å². The largest absolute Gasteiger partial charge is 0.408 e. The average molecular weight is 461 g/mol. The first kappa shape index (κ1) is 21.0. The highest BCUT2D eigenvalue weighted by Gasteiger charge is 2.19. The third kappa shape index (κ3) is 3.90. The Hall–Kier alpha value is -3.89. The van der Waals surface area contributed by atoms with Crippen LogP contribution in [-0.2, 0) is 6.67 Å². The van der Waals surface area contributed by atoms with E-state index in [9.17, 15) is 10.1 Å². The van der Waals surface area contributed by atoms with Crippen LogP contribution in [-0.4, -0.2) is 30.7 Å². The van der Waals surface area contributed by atoms with Crippen molar-refractivity contribution in [3.63, 3.8) is 0 Å². The number of benzene rings is 2. The molecule has 0 saturated carbocycles. The number of fused-ring (bicyclic) bond motifs is 3. The highest BCUT2D eigenvalue weighted by Crippen LogP contribution is 2.35. The zero-order valence-corrected chi connectivity index (χ0v) is 18.7. The standard InChI is InChI=1S/C23H20N6O3S/c1-13(2)24-12-28-23(33)32-22(27-28)19-11-17-16-8-3-4-9-18(16)25-21(17)20(26-19)14-6-5-7-15(10-14)29(30)31/h3-11,13,24-25H,12H2,1-2H3. The number of pyridine rings is 1. The molecule has 5 rings (SSSR count). The smallest absolute Gasteiger partial charge is 0.288 e. The molecular formula is C23H20N6O3S. The molecular weight excluding hydrogens is 440 g/mol. The second-order valence-electron chi connectivity index (χ2n) is 7.95. The fourth-order valence-electron chi connectivity index (χ4n) is 3.71. The number of para-hydroxylation sites is 1. The summed E-state index contributed by atoms with van der Waals surface area (Å²) in [5, 5.41) is 21.0. The van der Waals surface area contributed by atoms with Crippen LogP contribution in [0.5, 0.6) is 0 Å². The number of H-pyrrole nitrogens is 1. The average Bonchev–Trinajstić information content (AvgIpc) is 3.37. The molecule has 0 bridgehead atoms. The van der Waals surface area contributed by atoms with Gasteiger partial charge in [-0.3, -0.25) is 15.4 Å². The molecule has 0 radical (unpaired) electrons. The van der Waals surface area contributed by atoms with Crippen LogP contribution in [0, 0.1) is 15.0 Å². The minimum absolute atomic E-state index is 0.00876. The lowest BCUT2D eigenvalue weighted by atomic mass is 10.1. The van der Waals surface area contributed by atoms with Gasteiger partial charge in [-0.25, -0.2) is 9.67 Å². The van der Waals surface area contributed by atoms with Gasteiger partial charge in [-0.2, -0.15) is 0 Å². The van der Waals surface area contributed by atoms with Gasteiger partial charge in [0.15, 0.2) is 0 Å². The van der Waals surface area contributed by atoms with E-state index in [2.05, 4.69) is 15.4 Å². The second kappa shape index (κ2) is 8.23.